The summed E-state index contributed by atoms with van der Waals surface area (Å²) in [7, 11) is 0. The van der Waals surface area contributed by atoms with Gasteiger partial charge in [0, 0.05) is 25.0 Å². The van der Waals surface area contributed by atoms with E-state index in [4.69, 9.17) is 11.6 Å². The summed E-state index contributed by atoms with van der Waals surface area (Å²) in [5, 5.41) is 3.41. The minimum absolute atomic E-state index is 0.00914. The van der Waals surface area contributed by atoms with E-state index in [0.29, 0.717) is 6.54 Å². The van der Waals surface area contributed by atoms with Crippen molar-refractivity contribution in [1.29, 1.82) is 0 Å². The molecule has 1 aromatic carbocycles. The van der Waals surface area contributed by atoms with Crippen LogP contribution in [0.3, 0.4) is 0 Å². The Labute approximate surface area is 116 Å². The SMILES string of the molecule is Cc1cnc(CNC(C)c2ccc(Cl)c(F)c2)cn1. The van der Waals surface area contributed by atoms with E-state index in [1.54, 1.807) is 18.5 Å². The first-order chi connectivity index (χ1) is 9.06. The molecule has 0 saturated carbocycles. The average molecular weight is 280 g/mol. The largest absolute Gasteiger partial charge is 0.305 e. The van der Waals surface area contributed by atoms with Crippen molar-refractivity contribution in [3.63, 3.8) is 0 Å². The van der Waals surface area contributed by atoms with Crippen LogP contribution in [0, 0.1) is 12.7 Å². The lowest BCUT2D eigenvalue weighted by Crippen LogP contribution is -2.19. The van der Waals surface area contributed by atoms with E-state index in [2.05, 4.69) is 15.3 Å². The fourth-order valence-electron chi connectivity index (χ4n) is 1.67. The summed E-state index contributed by atoms with van der Waals surface area (Å²) in [5.41, 5.74) is 2.59. The number of nitrogens with one attached hydrogen (secondary N) is 1. The predicted molar refractivity (Wildman–Crippen MR) is 73.4 cm³/mol. The molecule has 0 fully saturated rings. The number of hydrogen-bond donors (Lipinski definition) is 1. The normalized spacial score (nSPS) is 12.4. The van der Waals surface area contributed by atoms with Crippen molar-refractivity contribution < 1.29 is 4.39 Å². The van der Waals surface area contributed by atoms with E-state index in [1.165, 1.54) is 6.07 Å². The number of nitrogens with zero attached hydrogens (tertiary/aromatic N) is 2. The van der Waals surface area contributed by atoms with E-state index in [1.807, 2.05) is 19.9 Å². The Morgan fingerprint density at radius 1 is 1.32 bits per heavy atom. The zero-order valence-electron chi connectivity index (χ0n) is 10.8. The van der Waals surface area contributed by atoms with Crippen LogP contribution in [-0.2, 0) is 6.54 Å². The molecule has 5 heteroatoms. The highest BCUT2D eigenvalue weighted by atomic mass is 35.5. The molecule has 0 saturated heterocycles. The second-order valence-corrected chi connectivity index (χ2v) is 4.83. The zero-order chi connectivity index (χ0) is 13.8. The van der Waals surface area contributed by atoms with Crippen molar-refractivity contribution in [1.82, 2.24) is 15.3 Å². The molecule has 0 radical (unpaired) electrons. The number of benzene rings is 1. The van der Waals surface area contributed by atoms with Crippen LogP contribution in [0.15, 0.2) is 30.6 Å². The standard InChI is InChI=1S/C14H15ClFN3/c1-9-6-19-12(7-17-9)8-18-10(2)11-3-4-13(15)14(16)5-11/h3-7,10,18H,8H2,1-2H3. The van der Waals surface area contributed by atoms with Gasteiger partial charge in [-0.1, -0.05) is 17.7 Å². The Balaban J connectivity index is 1.98. The van der Waals surface area contributed by atoms with Gasteiger partial charge in [-0.2, -0.15) is 0 Å². The molecule has 0 aliphatic carbocycles. The maximum absolute atomic E-state index is 13.4. The number of aryl methyl sites for hydroxylation is 1. The Hall–Kier alpha value is -1.52. The second-order valence-electron chi connectivity index (χ2n) is 4.43. The lowest BCUT2D eigenvalue weighted by atomic mass is 10.1. The van der Waals surface area contributed by atoms with Crippen molar-refractivity contribution >= 4 is 11.6 Å². The highest BCUT2D eigenvalue weighted by molar-refractivity contribution is 6.30. The van der Waals surface area contributed by atoms with Gasteiger partial charge >= 0.3 is 0 Å². The highest BCUT2D eigenvalue weighted by Crippen LogP contribution is 2.20. The van der Waals surface area contributed by atoms with Crippen LogP contribution in [0.5, 0.6) is 0 Å². The molecule has 0 amide bonds. The summed E-state index contributed by atoms with van der Waals surface area (Å²) >= 11 is 5.66. The quantitative estimate of drug-likeness (QED) is 0.932. The molecule has 1 unspecified atom stereocenters. The van der Waals surface area contributed by atoms with Gasteiger partial charge in [-0.15, -0.1) is 0 Å². The molecule has 1 heterocycles. The Morgan fingerprint density at radius 2 is 2.11 bits per heavy atom. The third-order valence-corrected chi connectivity index (χ3v) is 3.17. The molecule has 0 aliphatic rings. The Kier molecular flexibility index (Phi) is 4.45. The molecular weight excluding hydrogens is 265 g/mol. The van der Waals surface area contributed by atoms with Crippen molar-refractivity contribution in [2.45, 2.75) is 26.4 Å². The van der Waals surface area contributed by atoms with Gasteiger partial charge < -0.3 is 5.32 Å². The molecule has 3 nitrogen and oxygen atoms in total. The van der Waals surface area contributed by atoms with E-state index >= 15 is 0 Å². The van der Waals surface area contributed by atoms with Crippen LogP contribution in [0.4, 0.5) is 4.39 Å². The number of rotatable bonds is 4. The summed E-state index contributed by atoms with van der Waals surface area (Å²) < 4.78 is 13.4. The molecule has 1 N–H and O–H groups in total. The van der Waals surface area contributed by atoms with Crippen LogP contribution >= 0.6 is 11.6 Å². The van der Waals surface area contributed by atoms with E-state index in [-0.39, 0.29) is 11.1 Å². The lowest BCUT2D eigenvalue weighted by Gasteiger charge is -2.14. The van der Waals surface area contributed by atoms with Crippen LogP contribution in [-0.4, -0.2) is 9.97 Å². The first-order valence-electron chi connectivity index (χ1n) is 6.02. The van der Waals surface area contributed by atoms with Crippen LogP contribution < -0.4 is 5.32 Å². The van der Waals surface area contributed by atoms with E-state index in [0.717, 1.165) is 17.0 Å². The minimum atomic E-state index is -0.400. The summed E-state index contributed by atoms with van der Waals surface area (Å²) in [6.07, 6.45) is 3.46. The molecule has 19 heavy (non-hydrogen) atoms. The van der Waals surface area contributed by atoms with Crippen molar-refractivity contribution in [3.05, 3.63) is 58.4 Å². The number of hydrogen-bond acceptors (Lipinski definition) is 3. The fourth-order valence-corrected chi connectivity index (χ4v) is 1.79. The molecule has 0 aliphatic heterocycles. The smallest absolute Gasteiger partial charge is 0.142 e. The average Bonchev–Trinajstić information content (AvgIpc) is 2.41. The maximum Gasteiger partial charge on any atom is 0.142 e. The van der Waals surface area contributed by atoms with Crippen molar-refractivity contribution in [3.8, 4) is 0 Å². The van der Waals surface area contributed by atoms with Crippen molar-refractivity contribution in [2.75, 3.05) is 0 Å². The molecule has 0 bridgehead atoms. The van der Waals surface area contributed by atoms with Crippen LogP contribution in [0.25, 0.3) is 0 Å². The zero-order valence-corrected chi connectivity index (χ0v) is 11.6. The predicted octanol–water partition coefficient (Wildman–Crippen LogP) is 3.43. The first-order valence-corrected chi connectivity index (χ1v) is 6.40. The topological polar surface area (TPSA) is 37.8 Å². The highest BCUT2D eigenvalue weighted by Gasteiger charge is 2.08. The van der Waals surface area contributed by atoms with E-state index < -0.39 is 5.82 Å². The first kappa shape index (κ1) is 13.9. The molecule has 0 spiro atoms. The number of aromatic nitrogens is 2. The third-order valence-electron chi connectivity index (χ3n) is 2.87. The lowest BCUT2D eigenvalue weighted by molar-refractivity contribution is 0.558. The number of halogens is 2. The molecule has 1 aromatic heterocycles. The van der Waals surface area contributed by atoms with Gasteiger partial charge in [0.25, 0.3) is 0 Å². The van der Waals surface area contributed by atoms with Crippen LogP contribution in [0.2, 0.25) is 5.02 Å². The van der Waals surface area contributed by atoms with Gasteiger partial charge in [-0.25, -0.2) is 4.39 Å². The fraction of sp³-hybridized carbons (Fsp3) is 0.286. The second kappa shape index (κ2) is 6.08. The van der Waals surface area contributed by atoms with Crippen LogP contribution in [0.1, 0.15) is 29.9 Å². The third kappa shape index (κ3) is 3.72. The Morgan fingerprint density at radius 3 is 2.74 bits per heavy atom. The minimum Gasteiger partial charge on any atom is -0.305 e. The molecule has 2 aromatic rings. The molecule has 1 atom stereocenters. The monoisotopic (exact) mass is 279 g/mol. The molecule has 100 valence electrons. The van der Waals surface area contributed by atoms with Gasteiger partial charge in [0.2, 0.25) is 0 Å². The van der Waals surface area contributed by atoms with Gasteiger partial charge in [0.1, 0.15) is 5.82 Å². The summed E-state index contributed by atoms with van der Waals surface area (Å²) in [6, 6.07) is 4.83. The van der Waals surface area contributed by atoms with Gasteiger partial charge in [-0.05, 0) is 31.5 Å². The van der Waals surface area contributed by atoms with Crippen molar-refractivity contribution in [2.24, 2.45) is 0 Å². The summed E-state index contributed by atoms with van der Waals surface area (Å²) in [4.78, 5) is 8.43. The maximum atomic E-state index is 13.4. The summed E-state index contributed by atoms with van der Waals surface area (Å²) in [6.45, 7) is 4.44. The molecular formula is C14H15ClFN3. The van der Waals surface area contributed by atoms with Gasteiger partial charge in [0.15, 0.2) is 0 Å². The van der Waals surface area contributed by atoms with E-state index in [9.17, 15) is 4.39 Å². The van der Waals surface area contributed by atoms with Gasteiger partial charge in [-0.3, -0.25) is 9.97 Å². The van der Waals surface area contributed by atoms with Gasteiger partial charge in [0.05, 0.1) is 16.4 Å². The summed E-state index contributed by atoms with van der Waals surface area (Å²) in [5.74, 6) is -0.400. The Bertz CT molecular complexity index is 557. The molecule has 2 rings (SSSR count).